The maximum atomic E-state index is 10.1. The number of halogens is 2. The summed E-state index contributed by atoms with van der Waals surface area (Å²) in [5.74, 6) is 0. The zero-order valence-corrected chi connectivity index (χ0v) is 11.2. The van der Waals surface area contributed by atoms with Crippen molar-refractivity contribution >= 4 is 23.2 Å². The normalized spacial score (nSPS) is 45.5. The average Bonchev–Trinajstić information content (AvgIpc) is 3.18. The predicted octanol–water partition coefficient (Wildman–Crippen LogP) is 0.780. The minimum atomic E-state index is -0.632. The van der Waals surface area contributed by atoms with Gasteiger partial charge in [0.05, 0.1) is 18.8 Å². The predicted molar refractivity (Wildman–Crippen MR) is 63.3 cm³/mol. The second kappa shape index (κ2) is 4.74. The second-order valence-electron chi connectivity index (χ2n) is 5.16. The van der Waals surface area contributed by atoms with Crippen molar-refractivity contribution < 1.29 is 24.4 Å². The van der Waals surface area contributed by atoms with Gasteiger partial charge in [-0.3, -0.25) is 0 Å². The van der Waals surface area contributed by atoms with Gasteiger partial charge in [-0.1, -0.05) is 0 Å². The van der Waals surface area contributed by atoms with Crippen LogP contribution >= 0.6 is 23.2 Å². The van der Waals surface area contributed by atoms with E-state index in [4.69, 9.17) is 37.4 Å². The molecular formula is C11H16Cl2O5. The highest BCUT2D eigenvalue weighted by atomic mass is 35.5. The summed E-state index contributed by atoms with van der Waals surface area (Å²) in [6.07, 6.45) is -0.100. The molecule has 7 heteroatoms. The average molecular weight is 299 g/mol. The molecule has 3 rings (SSSR count). The molecule has 0 aromatic heterocycles. The number of rotatable bonds is 4. The molecule has 5 atom stereocenters. The zero-order valence-electron chi connectivity index (χ0n) is 9.67. The largest absolute Gasteiger partial charge is 0.394 e. The SMILES string of the molecule is OCC1O[C@@H](OC2OC2C(Cl)Cl)C[C@@H](O)C12CC2. The van der Waals surface area contributed by atoms with Crippen molar-refractivity contribution in [3.05, 3.63) is 0 Å². The van der Waals surface area contributed by atoms with E-state index in [-0.39, 0.29) is 24.2 Å². The summed E-state index contributed by atoms with van der Waals surface area (Å²) in [7, 11) is 0. The summed E-state index contributed by atoms with van der Waals surface area (Å²) in [6, 6.07) is 0. The smallest absolute Gasteiger partial charge is 0.190 e. The Hall–Kier alpha value is 0.380. The molecule has 2 saturated heterocycles. The van der Waals surface area contributed by atoms with Crippen LogP contribution in [0.15, 0.2) is 0 Å². The summed E-state index contributed by atoms with van der Waals surface area (Å²) in [4.78, 5) is -0.632. The molecule has 0 bridgehead atoms. The Balaban J connectivity index is 1.56. The summed E-state index contributed by atoms with van der Waals surface area (Å²) < 4.78 is 16.3. The van der Waals surface area contributed by atoms with Crippen LogP contribution in [-0.2, 0) is 14.2 Å². The second-order valence-corrected chi connectivity index (χ2v) is 6.32. The van der Waals surface area contributed by atoms with E-state index >= 15 is 0 Å². The van der Waals surface area contributed by atoms with E-state index in [9.17, 15) is 10.2 Å². The number of aliphatic hydroxyl groups is 2. The van der Waals surface area contributed by atoms with Crippen molar-refractivity contribution in [2.45, 2.75) is 55.0 Å². The first-order valence-electron chi connectivity index (χ1n) is 6.10. The highest BCUT2D eigenvalue weighted by molar-refractivity contribution is 6.44. The topological polar surface area (TPSA) is 71.5 Å². The van der Waals surface area contributed by atoms with Gasteiger partial charge < -0.3 is 24.4 Å². The van der Waals surface area contributed by atoms with Gasteiger partial charge in [-0.05, 0) is 12.8 Å². The lowest BCUT2D eigenvalue weighted by atomic mass is 9.88. The lowest BCUT2D eigenvalue weighted by molar-refractivity contribution is -0.262. The van der Waals surface area contributed by atoms with Crippen molar-refractivity contribution in [3.8, 4) is 0 Å². The van der Waals surface area contributed by atoms with Gasteiger partial charge in [0.25, 0.3) is 0 Å². The van der Waals surface area contributed by atoms with E-state index in [1.54, 1.807) is 0 Å². The Morgan fingerprint density at radius 1 is 1.33 bits per heavy atom. The molecule has 3 unspecified atom stereocenters. The van der Waals surface area contributed by atoms with Crippen LogP contribution in [0.5, 0.6) is 0 Å². The standard InChI is InChI=1S/C11H16Cl2O5/c12-9(13)8-10(18-8)17-7-3-5(15)11(1-2-11)6(4-14)16-7/h5-10,14-15H,1-4H2/t5-,6?,7+,8?,10?/m1/s1. The van der Waals surface area contributed by atoms with E-state index in [1.807, 2.05) is 0 Å². The first kappa shape index (κ1) is 13.4. The van der Waals surface area contributed by atoms with Crippen molar-refractivity contribution in [2.75, 3.05) is 6.61 Å². The molecule has 0 amide bonds. The quantitative estimate of drug-likeness (QED) is 0.593. The lowest BCUT2D eigenvalue weighted by Gasteiger charge is -2.39. The fourth-order valence-corrected chi connectivity index (χ4v) is 3.02. The Morgan fingerprint density at radius 3 is 2.56 bits per heavy atom. The van der Waals surface area contributed by atoms with Crippen LogP contribution in [0.25, 0.3) is 0 Å². The number of ether oxygens (including phenoxy) is 3. The Labute approximate surface area is 115 Å². The Morgan fingerprint density at radius 2 is 2.06 bits per heavy atom. The molecule has 1 saturated carbocycles. The highest BCUT2D eigenvalue weighted by Gasteiger charge is 2.59. The van der Waals surface area contributed by atoms with Gasteiger partial charge in [0.15, 0.2) is 12.6 Å². The van der Waals surface area contributed by atoms with Gasteiger partial charge in [-0.15, -0.1) is 23.2 Å². The van der Waals surface area contributed by atoms with E-state index in [1.165, 1.54) is 0 Å². The Bertz CT molecular complexity index is 323. The highest BCUT2D eigenvalue weighted by Crippen LogP contribution is 2.56. The molecule has 3 fully saturated rings. The third-order valence-corrected chi connectivity index (χ3v) is 4.54. The molecule has 0 radical (unpaired) electrons. The van der Waals surface area contributed by atoms with Gasteiger partial charge in [-0.25, -0.2) is 0 Å². The van der Waals surface area contributed by atoms with Crippen LogP contribution in [-0.4, -0.2) is 52.5 Å². The van der Waals surface area contributed by atoms with Gasteiger partial charge in [0, 0.05) is 11.8 Å². The van der Waals surface area contributed by atoms with Gasteiger partial charge in [0.1, 0.15) is 10.9 Å². The summed E-state index contributed by atoms with van der Waals surface area (Å²) >= 11 is 11.3. The maximum Gasteiger partial charge on any atom is 0.190 e. The monoisotopic (exact) mass is 298 g/mol. The molecule has 2 heterocycles. The molecule has 2 N–H and O–H groups in total. The number of alkyl halides is 2. The van der Waals surface area contributed by atoms with E-state index < -0.39 is 23.5 Å². The van der Waals surface area contributed by atoms with Gasteiger partial charge in [0.2, 0.25) is 0 Å². The molecular weight excluding hydrogens is 283 g/mol. The van der Waals surface area contributed by atoms with Gasteiger partial charge in [-0.2, -0.15) is 0 Å². The molecule has 18 heavy (non-hydrogen) atoms. The molecule has 104 valence electrons. The number of hydrogen-bond donors (Lipinski definition) is 2. The van der Waals surface area contributed by atoms with E-state index in [0.717, 1.165) is 12.8 Å². The minimum absolute atomic E-state index is 0.112. The Kier molecular flexibility index (Phi) is 3.52. The molecule has 5 nitrogen and oxygen atoms in total. The van der Waals surface area contributed by atoms with E-state index in [0.29, 0.717) is 6.42 Å². The molecule has 2 aliphatic heterocycles. The molecule has 3 aliphatic rings. The molecule has 1 spiro atoms. The van der Waals surface area contributed by atoms with Gasteiger partial charge >= 0.3 is 0 Å². The zero-order chi connectivity index (χ0) is 12.9. The van der Waals surface area contributed by atoms with Crippen molar-refractivity contribution in [1.82, 2.24) is 0 Å². The molecule has 0 aromatic carbocycles. The van der Waals surface area contributed by atoms with Crippen molar-refractivity contribution in [3.63, 3.8) is 0 Å². The fourth-order valence-electron chi connectivity index (χ4n) is 2.66. The van der Waals surface area contributed by atoms with Crippen LogP contribution in [0.4, 0.5) is 0 Å². The number of hydrogen-bond acceptors (Lipinski definition) is 5. The fraction of sp³-hybridized carbons (Fsp3) is 1.00. The van der Waals surface area contributed by atoms with Crippen LogP contribution < -0.4 is 0 Å². The number of aliphatic hydroxyl groups excluding tert-OH is 2. The van der Waals surface area contributed by atoms with E-state index in [2.05, 4.69) is 0 Å². The van der Waals surface area contributed by atoms with Crippen LogP contribution in [0, 0.1) is 5.41 Å². The molecule has 0 aromatic rings. The first-order valence-corrected chi connectivity index (χ1v) is 6.97. The van der Waals surface area contributed by atoms with Crippen LogP contribution in [0.1, 0.15) is 19.3 Å². The first-order chi connectivity index (χ1) is 8.56. The minimum Gasteiger partial charge on any atom is -0.394 e. The van der Waals surface area contributed by atoms with Crippen LogP contribution in [0.2, 0.25) is 0 Å². The number of epoxide rings is 1. The lowest BCUT2D eigenvalue weighted by Crippen LogP contribution is -2.48. The summed E-state index contributed by atoms with van der Waals surface area (Å²) in [5.41, 5.74) is -0.264. The third-order valence-electron chi connectivity index (χ3n) is 4.05. The third kappa shape index (κ3) is 2.26. The summed E-state index contributed by atoms with van der Waals surface area (Å²) in [5, 5.41) is 19.4. The summed E-state index contributed by atoms with van der Waals surface area (Å²) in [6.45, 7) is -0.112. The van der Waals surface area contributed by atoms with Crippen molar-refractivity contribution in [1.29, 1.82) is 0 Å². The van der Waals surface area contributed by atoms with Crippen molar-refractivity contribution in [2.24, 2.45) is 5.41 Å². The maximum absolute atomic E-state index is 10.1. The molecule has 1 aliphatic carbocycles. The van der Waals surface area contributed by atoms with Crippen LogP contribution in [0.3, 0.4) is 0 Å².